The van der Waals surface area contributed by atoms with Crippen molar-refractivity contribution in [2.75, 3.05) is 0 Å². The maximum atomic E-state index is 12.1. The third-order valence-corrected chi connectivity index (χ3v) is 5.64. The molecule has 1 rings (SSSR count). The van der Waals surface area contributed by atoms with Gasteiger partial charge in [-0.3, -0.25) is 9.59 Å². The summed E-state index contributed by atoms with van der Waals surface area (Å²) in [6, 6.07) is 0. The van der Waals surface area contributed by atoms with E-state index < -0.39 is 0 Å². The van der Waals surface area contributed by atoms with Crippen LogP contribution in [0.4, 0.5) is 0 Å². The molecule has 0 saturated carbocycles. The first-order valence-corrected chi connectivity index (χ1v) is 12.0. The zero-order valence-electron chi connectivity index (χ0n) is 18.5. The summed E-state index contributed by atoms with van der Waals surface area (Å²) in [7, 11) is 0. The summed E-state index contributed by atoms with van der Waals surface area (Å²) in [5.41, 5.74) is 0. The normalized spacial score (nSPS) is 20.4. The Morgan fingerprint density at radius 3 is 1.25 bits per heavy atom. The quantitative estimate of drug-likeness (QED) is 0.211. The summed E-state index contributed by atoms with van der Waals surface area (Å²) < 4.78 is 11.1. The number of hydrogen-bond donors (Lipinski definition) is 0. The standard InChI is InChI=1S/C24H44O4/c1-3-5-7-9-10-11-12-14-16-18-22-20-24(26)27-21(19-23(25)28-22)17-15-13-8-6-4-2/h21-22H,3-20H2,1-2H3/t21-,22-/m1/s1. The van der Waals surface area contributed by atoms with Gasteiger partial charge in [-0.25, -0.2) is 0 Å². The molecular weight excluding hydrogens is 352 g/mol. The molecule has 1 fully saturated rings. The molecule has 4 heteroatoms. The minimum absolute atomic E-state index is 0.202. The Morgan fingerprint density at radius 2 is 0.893 bits per heavy atom. The second kappa shape index (κ2) is 16.9. The molecular formula is C24H44O4. The molecule has 0 aliphatic carbocycles. The van der Waals surface area contributed by atoms with Gasteiger partial charge < -0.3 is 9.47 Å². The van der Waals surface area contributed by atoms with Gasteiger partial charge in [0.25, 0.3) is 0 Å². The summed E-state index contributed by atoms with van der Waals surface area (Å²) in [6.07, 6.45) is 18.6. The smallest absolute Gasteiger partial charge is 0.309 e. The molecule has 1 aliphatic heterocycles. The number of ether oxygens (including phenoxy) is 2. The first-order valence-electron chi connectivity index (χ1n) is 12.0. The summed E-state index contributed by atoms with van der Waals surface area (Å²) in [5, 5.41) is 0. The fourth-order valence-corrected chi connectivity index (χ4v) is 3.90. The molecule has 2 atom stereocenters. The molecule has 28 heavy (non-hydrogen) atoms. The zero-order valence-corrected chi connectivity index (χ0v) is 18.5. The minimum Gasteiger partial charge on any atom is -0.462 e. The van der Waals surface area contributed by atoms with E-state index in [1.807, 2.05) is 0 Å². The topological polar surface area (TPSA) is 52.6 Å². The van der Waals surface area contributed by atoms with Crippen LogP contribution in [0, 0.1) is 0 Å². The van der Waals surface area contributed by atoms with Crippen LogP contribution >= 0.6 is 0 Å². The predicted octanol–water partition coefficient (Wildman–Crippen LogP) is 6.89. The maximum absolute atomic E-state index is 12.1. The fraction of sp³-hybridized carbons (Fsp3) is 0.917. The number of hydrogen-bond acceptors (Lipinski definition) is 4. The van der Waals surface area contributed by atoms with E-state index in [0.717, 1.165) is 38.5 Å². The average Bonchev–Trinajstić information content (AvgIpc) is 2.65. The lowest BCUT2D eigenvalue weighted by Crippen LogP contribution is -2.32. The van der Waals surface area contributed by atoms with E-state index in [1.54, 1.807) is 0 Å². The molecule has 1 aliphatic rings. The van der Waals surface area contributed by atoms with Crippen LogP contribution in [0.1, 0.15) is 129 Å². The van der Waals surface area contributed by atoms with Gasteiger partial charge in [0.15, 0.2) is 0 Å². The van der Waals surface area contributed by atoms with Gasteiger partial charge >= 0.3 is 11.9 Å². The summed E-state index contributed by atoms with van der Waals surface area (Å²) >= 11 is 0. The molecule has 0 aromatic rings. The number of esters is 2. The zero-order chi connectivity index (χ0) is 20.5. The number of cyclic esters (lactones) is 2. The van der Waals surface area contributed by atoms with Crippen molar-refractivity contribution in [1.82, 2.24) is 0 Å². The summed E-state index contributed by atoms with van der Waals surface area (Å²) in [5.74, 6) is -0.404. The Balaban J connectivity index is 2.15. The van der Waals surface area contributed by atoms with Crippen LogP contribution in [0.25, 0.3) is 0 Å². The Hall–Kier alpha value is -1.06. The third kappa shape index (κ3) is 13.2. The SMILES string of the molecule is CCCCCCCCCCC[C@@H]1CC(=O)O[C@H](CCCCCCC)CC(=O)O1. The van der Waals surface area contributed by atoms with E-state index in [0.29, 0.717) is 0 Å². The van der Waals surface area contributed by atoms with Gasteiger partial charge in [0.2, 0.25) is 0 Å². The van der Waals surface area contributed by atoms with E-state index in [4.69, 9.17) is 9.47 Å². The van der Waals surface area contributed by atoms with E-state index in [1.165, 1.54) is 64.2 Å². The fourth-order valence-electron chi connectivity index (χ4n) is 3.90. The molecule has 0 spiro atoms. The molecule has 0 N–H and O–H groups in total. The lowest BCUT2D eigenvalue weighted by Gasteiger charge is -2.25. The van der Waals surface area contributed by atoms with Crippen molar-refractivity contribution in [3.05, 3.63) is 0 Å². The minimum atomic E-state index is -0.296. The third-order valence-electron chi connectivity index (χ3n) is 5.64. The van der Waals surface area contributed by atoms with E-state index in [2.05, 4.69) is 13.8 Å². The van der Waals surface area contributed by atoms with Crippen LogP contribution in [0.3, 0.4) is 0 Å². The highest BCUT2D eigenvalue weighted by Gasteiger charge is 2.27. The molecule has 164 valence electrons. The number of rotatable bonds is 16. The molecule has 0 bridgehead atoms. The highest BCUT2D eigenvalue weighted by Crippen LogP contribution is 2.21. The van der Waals surface area contributed by atoms with Gasteiger partial charge in [-0.05, 0) is 25.7 Å². The van der Waals surface area contributed by atoms with Crippen molar-refractivity contribution in [3.8, 4) is 0 Å². The van der Waals surface area contributed by atoms with Crippen LogP contribution in [0.5, 0.6) is 0 Å². The molecule has 0 amide bonds. The molecule has 0 unspecified atom stereocenters. The molecule has 0 radical (unpaired) electrons. The van der Waals surface area contributed by atoms with Crippen molar-refractivity contribution in [2.24, 2.45) is 0 Å². The van der Waals surface area contributed by atoms with Gasteiger partial charge in [-0.1, -0.05) is 90.9 Å². The Labute approximate surface area is 173 Å². The van der Waals surface area contributed by atoms with Gasteiger partial charge in [-0.2, -0.15) is 0 Å². The predicted molar refractivity (Wildman–Crippen MR) is 114 cm³/mol. The maximum Gasteiger partial charge on any atom is 0.309 e. The summed E-state index contributed by atoms with van der Waals surface area (Å²) in [6.45, 7) is 4.44. The Morgan fingerprint density at radius 1 is 0.571 bits per heavy atom. The van der Waals surface area contributed by atoms with Crippen molar-refractivity contribution >= 4 is 11.9 Å². The van der Waals surface area contributed by atoms with Crippen LogP contribution in [-0.2, 0) is 19.1 Å². The Kier molecular flexibility index (Phi) is 15.0. The average molecular weight is 397 g/mol. The van der Waals surface area contributed by atoms with Crippen molar-refractivity contribution < 1.29 is 19.1 Å². The van der Waals surface area contributed by atoms with Gasteiger partial charge in [0.05, 0.1) is 12.8 Å². The number of carbonyl (C=O) groups is 2. The van der Waals surface area contributed by atoms with Crippen LogP contribution in [0.15, 0.2) is 0 Å². The monoisotopic (exact) mass is 396 g/mol. The number of unbranched alkanes of at least 4 members (excludes halogenated alkanes) is 12. The van der Waals surface area contributed by atoms with Gasteiger partial charge in [0, 0.05) is 0 Å². The van der Waals surface area contributed by atoms with E-state index >= 15 is 0 Å². The van der Waals surface area contributed by atoms with Crippen LogP contribution in [0.2, 0.25) is 0 Å². The molecule has 1 saturated heterocycles. The van der Waals surface area contributed by atoms with Crippen LogP contribution < -0.4 is 0 Å². The first-order chi connectivity index (χ1) is 13.7. The van der Waals surface area contributed by atoms with Gasteiger partial charge in [-0.15, -0.1) is 0 Å². The van der Waals surface area contributed by atoms with Crippen molar-refractivity contribution in [2.45, 2.75) is 142 Å². The second-order valence-corrected chi connectivity index (χ2v) is 8.45. The molecule has 0 aromatic heterocycles. The summed E-state index contributed by atoms with van der Waals surface area (Å²) in [4.78, 5) is 24.3. The molecule has 0 aromatic carbocycles. The van der Waals surface area contributed by atoms with Crippen molar-refractivity contribution in [3.63, 3.8) is 0 Å². The number of carbonyl (C=O) groups excluding carboxylic acids is 2. The molecule has 1 heterocycles. The second-order valence-electron chi connectivity index (χ2n) is 8.45. The van der Waals surface area contributed by atoms with E-state index in [-0.39, 0.29) is 37.0 Å². The highest BCUT2D eigenvalue weighted by atomic mass is 16.6. The largest absolute Gasteiger partial charge is 0.462 e. The lowest BCUT2D eigenvalue weighted by molar-refractivity contribution is -0.168. The first kappa shape index (κ1) is 25.0. The van der Waals surface area contributed by atoms with E-state index in [9.17, 15) is 9.59 Å². The highest BCUT2D eigenvalue weighted by molar-refractivity contribution is 5.75. The van der Waals surface area contributed by atoms with Crippen molar-refractivity contribution in [1.29, 1.82) is 0 Å². The van der Waals surface area contributed by atoms with Crippen LogP contribution in [-0.4, -0.2) is 24.1 Å². The van der Waals surface area contributed by atoms with Gasteiger partial charge in [0.1, 0.15) is 12.2 Å². The lowest BCUT2D eigenvalue weighted by atomic mass is 10.0. The Bertz CT molecular complexity index is 387. The molecule has 4 nitrogen and oxygen atoms in total.